The van der Waals surface area contributed by atoms with Crippen LogP contribution in [0.15, 0.2) is 73.1 Å². The summed E-state index contributed by atoms with van der Waals surface area (Å²) in [6, 6.07) is 17.2. The lowest BCUT2D eigenvalue weighted by atomic mass is 10.0. The molecule has 3 N–H and O–H groups in total. The first kappa shape index (κ1) is 26.2. The molecule has 1 amide bonds. The second-order valence-electron chi connectivity index (χ2n) is 9.04. The highest BCUT2D eigenvalue weighted by Crippen LogP contribution is 2.27. The summed E-state index contributed by atoms with van der Waals surface area (Å²) in [5.74, 6) is 0.441. The van der Waals surface area contributed by atoms with E-state index < -0.39 is 0 Å². The Morgan fingerprint density at radius 3 is 2.62 bits per heavy atom. The summed E-state index contributed by atoms with van der Waals surface area (Å²) in [6.45, 7) is 8.54. The van der Waals surface area contributed by atoms with Crippen LogP contribution in [0.2, 0.25) is 5.02 Å². The first-order valence-corrected chi connectivity index (χ1v) is 12.8. The van der Waals surface area contributed by atoms with Crippen LogP contribution in [0.5, 0.6) is 0 Å². The number of nitrogens with zero attached hydrogens (tertiary/aromatic N) is 2. The molecule has 0 radical (unpaired) electrons. The van der Waals surface area contributed by atoms with Crippen molar-refractivity contribution in [2.24, 2.45) is 0 Å². The van der Waals surface area contributed by atoms with Crippen LogP contribution in [0.3, 0.4) is 0 Å². The summed E-state index contributed by atoms with van der Waals surface area (Å²) < 4.78 is 5.89. The lowest BCUT2D eigenvalue weighted by Gasteiger charge is -2.19. The monoisotopic (exact) mass is 517 g/mol. The van der Waals surface area contributed by atoms with E-state index in [4.69, 9.17) is 21.7 Å². The molecule has 0 bridgehead atoms. The summed E-state index contributed by atoms with van der Waals surface area (Å²) >= 11 is 6.02. The number of nitrogens with one attached hydrogen (secondary N) is 3. The molecule has 8 heteroatoms. The van der Waals surface area contributed by atoms with Crippen molar-refractivity contribution in [2.75, 3.05) is 30.3 Å². The third-order valence-electron chi connectivity index (χ3n) is 6.22. The van der Waals surface area contributed by atoms with E-state index in [0.717, 1.165) is 54.7 Å². The maximum atomic E-state index is 11.3. The molecular weight excluding hydrogens is 486 g/mol. The number of pyridine rings is 1. The van der Waals surface area contributed by atoms with E-state index in [1.54, 1.807) is 12.3 Å². The van der Waals surface area contributed by atoms with Crippen molar-refractivity contribution in [3.8, 4) is 11.1 Å². The fourth-order valence-corrected chi connectivity index (χ4v) is 4.38. The molecule has 0 spiro atoms. The molecule has 3 aromatic rings. The number of likely N-dealkylation sites (tertiary alicyclic amines) is 1. The van der Waals surface area contributed by atoms with E-state index in [9.17, 15) is 4.79 Å². The molecule has 0 unspecified atom stereocenters. The Labute approximate surface area is 223 Å². The Morgan fingerprint density at radius 1 is 1.16 bits per heavy atom. The highest BCUT2D eigenvalue weighted by Gasteiger charge is 2.15. The number of rotatable bonds is 10. The third kappa shape index (κ3) is 7.33. The van der Waals surface area contributed by atoms with Crippen molar-refractivity contribution < 1.29 is 9.53 Å². The first-order valence-electron chi connectivity index (χ1n) is 12.4. The molecule has 7 nitrogen and oxygen atoms in total. The summed E-state index contributed by atoms with van der Waals surface area (Å²) in [6.07, 6.45) is 4.75. The average Bonchev–Trinajstić information content (AvgIpc) is 3.30. The number of anilines is 2. The van der Waals surface area contributed by atoms with E-state index in [-0.39, 0.29) is 11.8 Å². The number of carbonyl (C=O) groups excluding carboxylic acids is 1. The zero-order valence-corrected chi connectivity index (χ0v) is 21.8. The summed E-state index contributed by atoms with van der Waals surface area (Å²) in [7, 11) is 0. The second kappa shape index (κ2) is 12.4. The number of amides is 1. The number of halogens is 1. The molecule has 2 heterocycles. The smallest absolute Gasteiger partial charge is 0.222 e. The van der Waals surface area contributed by atoms with Gasteiger partial charge in [0.15, 0.2) is 0 Å². The van der Waals surface area contributed by atoms with Crippen molar-refractivity contribution in [1.29, 1.82) is 5.41 Å². The van der Waals surface area contributed by atoms with Gasteiger partial charge in [0.1, 0.15) is 5.82 Å². The molecule has 0 saturated carbocycles. The van der Waals surface area contributed by atoms with E-state index in [0.29, 0.717) is 29.6 Å². The van der Waals surface area contributed by atoms with Gasteiger partial charge in [0.05, 0.1) is 12.2 Å². The number of benzene rings is 2. The molecule has 1 aliphatic heterocycles. The number of carbonyl (C=O) groups is 1. The van der Waals surface area contributed by atoms with Crippen LogP contribution in [0.4, 0.5) is 11.5 Å². The predicted octanol–water partition coefficient (Wildman–Crippen LogP) is 6.31. The molecule has 2 aromatic carbocycles. The molecular formula is C29H32ClN5O2. The SMILES string of the molecule is C=C1CCCN1CCCOC(=N)c1cc(-c2ccc(NC(C)=O)nc2)ccc1NCc1ccc(Cl)cc1. The molecule has 1 aliphatic rings. The molecule has 0 atom stereocenters. The third-order valence-corrected chi connectivity index (χ3v) is 6.47. The first-order chi connectivity index (χ1) is 17.9. The van der Waals surface area contributed by atoms with Gasteiger partial charge in [-0.1, -0.05) is 36.4 Å². The van der Waals surface area contributed by atoms with Gasteiger partial charge in [-0.15, -0.1) is 0 Å². The topological polar surface area (TPSA) is 90.3 Å². The molecule has 1 aromatic heterocycles. The van der Waals surface area contributed by atoms with Crippen LogP contribution in [0.1, 0.15) is 37.3 Å². The lowest BCUT2D eigenvalue weighted by Crippen LogP contribution is -2.20. The van der Waals surface area contributed by atoms with Gasteiger partial charge >= 0.3 is 0 Å². The van der Waals surface area contributed by atoms with Gasteiger partial charge in [0.2, 0.25) is 11.8 Å². The highest BCUT2D eigenvalue weighted by molar-refractivity contribution is 6.30. The Kier molecular flexibility index (Phi) is 8.80. The average molecular weight is 518 g/mol. The minimum atomic E-state index is -0.168. The van der Waals surface area contributed by atoms with E-state index in [1.807, 2.05) is 48.5 Å². The van der Waals surface area contributed by atoms with Crippen molar-refractivity contribution >= 4 is 34.9 Å². The molecule has 37 heavy (non-hydrogen) atoms. The van der Waals surface area contributed by atoms with Gasteiger partial charge in [0.25, 0.3) is 0 Å². The van der Waals surface area contributed by atoms with Crippen molar-refractivity contribution in [2.45, 2.75) is 32.7 Å². The maximum Gasteiger partial charge on any atom is 0.222 e. The maximum absolute atomic E-state index is 11.3. The lowest BCUT2D eigenvalue weighted by molar-refractivity contribution is -0.114. The second-order valence-corrected chi connectivity index (χ2v) is 9.48. The normalized spacial score (nSPS) is 12.9. The van der Waals surface area contributed by atoms with Gasteiger partial charge in [-0.25, -0.2) is 4.98 Å². The van der Waals surface area contributed by atoms with Crippen molar-refractivity contribution in [1.82, 2.24) is 9.88 Å². The van der Waals surface area contributed by atoms with Crippen LogP contribution < -0.4 is 10.6 Å². The standard InChI is InChI=1S/C29H32ClN5O2/c1-20-5-3-14-35(20)15-4-16-37-29(31)26-17-23(24-9-13-28(33-19-24)34-21(2)36)8-12-27(26)32-18-22-6-10-25(30)11-7-22/h6-13,17,19,31-32H,1,3-5,14-16,18H2,2H3,(H,33,34,36). The number of aromatic nitrogens is 1. The fourth-order valence-electron chi connectivity index (χ4n) is 4.25. The minimum Gasteiger partial charge on any atom is -0.478 e. The Morgan fingerprint density at radius 2 is 1.95 bits per heavy atom. The Bertz CT molecular complexity index is 1260. The minimum absolute atomic E-state index is 0.114. The van der Waals surface area contributed by atoms with E-state index in [2.05, 4.69) is 27.1 Å². The summed E-state index contributed by atoms with van der Waals surface area (Å²) in [5.41, 5.74) is 5.52. The van der Waals surface area contributed by atoms with Gasteiger partial charge in [-0.05, 0) is 66.8 Å². The van der Waals surface area contributed by atoms with Gasteiger partial charge in [-0.2, -0.15) is 0 Å². The summed E-state index contributed by atoms with van der Waals surface area (Å²) in [4.78, 5) is 17.9. The van der Waals surface area contributed by atoms with Crippen LogP contribution >= 0.6 is 11.6 Å². The zero-order chi connectivity index (χ0) is 26.2. The fraction of sp³-hybridized carbons (Fsp3) is 0.276. The quantitative estimate of drug-likeness (QED) is 0.166. The zero-order valence-electron chi connectivity index (χ0n) is 21.0. The Balaban J connectivity index is 1.49. The van der Waals surface area contributed by atoms with Gasteiger partial charge < -0.3 is 20.3 Å². The van der Waals surface area contributed by atoms with Crippen molar-refractivity contribution in [3.63, 3.8) is 0 Å². The Hall–Kier alpha value is -3.84. The van der Waals surface area contributed by atoms with Crippen LogP contribution in [-0.4, -0.2) is 41.4 Å². The number of hydrogen-bond acceptors (Lipinski definition) is 6. The number of hydrogen-bond donors (Lipinski definition) is 3. The molecule has 1 saturated heterocycles. The molecule has 0 aliphatic carbocycles. The highest BCUT2D eigenvalue weighted by atomic mass is 35.5. The van der Waals surface area contributed by atoms with Gasteiger partial charge in [0, 0.05) is 54.7 Å². The summed E-state index contributed by atoms with van der Waals surface area (Å²) in [5, 5.41) is 15.5. The van der Waals surface area contributed by atoms with Gasteiger partial charge in [-0.3, -0.25) is 10.2 Å². The van der Waals surface area contributed by atoms with Crippen molar-refractivity contribution in [3.05, 3.63) is 89.2 Å². The largest absolute Gasteiger partial charge is 0.478 e. The molecule has 4 rings (SSSR count). The number of allylic oxidation sites excluding steroid dienone is 1. The van der Waals surface area contributed by atoms with E-state index >= 15 is 0 Å². The van der Waals surface area contributed by atoms with Crippen LogP contribution in [-0.2, 0) is 16.1 Å². The number of ether oxygens (including phenoxy) is 1. The van der Waals surface area contributed by atoms with E-state index in [1.165, 1.54) is 12.6 Å². The van der Waals surface area contributed by atoms with Crippen LogP contribution in [0, 0.1) is 5.41 Å². The predicted molar refractivity (Wildman–Crippen MR) is 150 cm³/mol. The molecule has 192 valence electrons. The van der Waals surface area contributed by atoms with Crippen LogP contribution in [0.25, 0.3) is 11.1 Å². The molecule has 1 fully saturated rings.